The number of pyridine rings is 1. The zero-order chi connectivity index (χ0) is 21.8. The molecule has 1 fully saturated rings. The number of carbonyl (C=O) groups is 1. The largest absolute Gasteiger partial charge is 0.480 e. The van der Waals surface area contributed by atoms with E-state index in [0.29, 0.717) is 23.7 Å². The zero-order valence-corrected chi connectivity index (χ0v) is 18.5. The highest BCUT2D eigenvalue weighted by molar-refractivity contribution is 6.30. The first-order valence-electron chi connectivity index (χ1n) is 9.87. The number of nitrogens with one attached hydrogen (secondary N) is 2. The Hall–Kier alpha value is -1.89. The van der Waals surface area contributed by atoms with Gasteiger partial charge >= 0.3 is 5.97 Å². The van der Waals surface area contributed by atoms with Gasteiger partial charge in [0.05, 0.1) is 5.02 Å². The summed E-state index contributed by atoms with van der Waals surface area (Å²) in [7, 11) is 0. The number of carboxylic acid groups (broad SMARTS) is 1. The van der Waals surface area contributed by atoms with Crippen LogP contribution < -0.4 is 10.6 Å². The second kappa shape index (κ2) is 7.36. The summed E-state index contributed by atoms with van der Waals surface area (Å²) in [6, 6.07) is 5.30. The van der Waals surface area contributed by atoms with E-state index in [4.69, 9.17) is 23.2 Å². The predicted molar refractivity (Wildman–Crippen MR) is 116 cm³/mol. The van der Waals surface area contributed by atoms with Crippen molar-refractivity contribution in [1.82, 2.24) is 10.3 Å². The van der Waals surface area contributed by atoms with Crippen molar-refractivity contribution >= 4 is 34.9 Å². The first-order chi connectivity index (χ1) is 14.0. The molecule has 5 nitrogen and oxygen atoms in total. The maximum Gasteiger partial charge on any atom is 0.321 e. The Bertz CT molecular complexity index is 1010. The Labute approximate surface area is 185 Å². The molecule has 2 aliphatic heterocycles. The minimum atomic E-state index is -1.02. The van der Waals surface area contributed by atoms with Crippen LogP contribution in [0, 0.1) is 11.2 Å². The number of rotatable bonds is 3. The number of anilines is 1. The lowest BCUT2D eigenvalue weighted by molar-refractivity contribution is -0.139. The summed E-state index contributed by atoms with van der Waals surface area (Å²) in [5.74, 6) is -2.29. The van der Waals surface area contributed by atoms with E-state index in [1.165, 1.54) is 6.07 Å². The summed E-state index contributed by atoms with van der Waals surface area (Å²) in [5.41, 5.74) is 1.13. The van der Waals surface area contributed by atoms with Gasteiger partial charge < -0.3 is 15.7 Å². The van der Waals surface area contributed by atoms with Crippen molar-refractivity contribution in [3.05, 3.63) is 57.6 Å². The number of aromatic nitrogens is 1. The number of hydrogen-bond donors (Lipinski definition) is 3. The molecular weight excluding hydrogens is 428 g/mol. The van der Waals surface area contributed by atoms with E-state index in [0.717, 1.165) is 11.3 Å². The van der Waals surface area contributed by atoms with Crippen LogP contribution in [0.5, 0.6) is 0 Å². The summed E-state index contributed by atoms with van der Waals surface area (Å²) in [4.78, 5) is 16.6. The normalized spacial score (nSPS) is 27.9. The van der Waals surface area contributed by atoms with Gasteiger partial charge in [-0.1, -0.05) is 56.1 Å². The van der Waals surface area contributed by atoms with Gasteiger partial charge in [0.15, 0.2) is 0 Å². The summed E-state index contributed by atoms with van der Waals surface area (Å²) >= 11 is 12.2. The minimum Gasteiger partial charge on any atom is -0.480 e. The van der Waals surface area contributed by atoms with Gasteiger partial charge in [-0.05, 0) is 29.5 Å². The molecule has 8 heteroatoms. The molecule has 1 saturated heterocycles. The van der Waals surface area contributed by atoms with Crippen LogP contribution in [0.1, 0.15) is 44.2 Å². The van der Waals surface area contributed by atoms with Gasteiger partial charge in [0.2, 0.25) is 0 Å². The molecule has 30 heavy (non-hydrogen) atoms. The lowest BCUT2D eigenvalue weighted by Crippen LogP contribution is -2.46. The van der Waals surface area contributed by atoms with E-state index in [9.17, 15) is 9.90 Å². The lowest BCUT2D eigenvalue weighted by atomic mass is 9.63. The van der Waals surface area contributed by atoms with Crippen LogP contribution in [0.4, 0.5) is 10.1 Å². The van der Waals surface area contributed by atoms with Crippen LogP contribution in [0.25, 0.3) is 0 Å². The average Bonchev–Trinajstić information content (AvgIpc) is 3.16. The molecule has 1 aromatic carbocycles. The summed E-state index contributed by atoms with van der Waals surface area (Å²) in [6.45, 7) is 6.76. The van der Waals surface area contributed by atoms with E-state index >= 15 is 4.39 Å². The number of fused-ring (bicyclic) bond motifs is 2. The highest BCUT2D eigenvalue weighted by Crippen LogP contribution is 2.56. The van der Waals surface area contributed by atoms with E-state index in [-0.39, 0.29) is 16.5 Å². The highest BCUT2D eigenvalue weighted by atomic mass is 35.5. The molecule has 3 heterocycles. The molecule has 3 N–H and O–H groups in total. The molecule has 1 spiro atoms. The third kappa shape index (κ3) is 3.35. The molecule has 160 valence electrons. The van der Waals surface area contributed by atoms with E-state index in [1.54, 1.807) is 24.4 Å². The number of halogens is 3. The summed E-state index contributed by atoms with van der Waals surface area (Å²) < 4.78 is 15.2. The maximum atomic E-state index is 15.2. The van der Waals surface area contributed by atoms with Crippen molar-refractivity contribution in [3.63, 3.8) is 0 Å². The molecular formula is C22H24Cl2FN3O2. The Kier molecular flexibility index (Phi) is 5.24. The molecule has 1 aromatic heterocycles. The van der Waals surface area contributed by atoms with Crippen LogP contribution in [-0.4, -0.2) is 34.7 Å². The third-order valence-electron chi connectivity index (χ3n) is 6.23. The van der Waals surface area contributed by atoms with Gasteiger partial charge in [0.1, 0.15) is 17.0 Å². The van der Waals surface area contributed by atoms with Crippen molar-refractivity contribution in [2.45, 2.75) is 50.6 Å². The number of aliphatic carboxylic acids is 1. The van der Waals surface area contributed by atoms with Crippen molar-refractivity contribution < 1.29 is 14.3 Å². The Morgan fingerprint density at radius 2 is 2.10 bits per heavy atom. The smallest absolute Gasteiger partial charge is 0.321 e. The van der Waals surface area contributed by atoms with Crippen molar-refractivity contribution in [1.29, 1.82) is 0 Å². The number of hydrogen-bond acceptors (Lipinski definition) is 4. The zero-order valence-electron chi connectivity index (χ0n) is 17.0. The monoisotopic (exact) mass is 451 g/mol. The Morgan fingerprint density at radius 1 is 1.37 bits per heavy atom. The molecule has 0 saturated carbocycles. The van der Waals surface area contributed by atoms with Crippen molar-refractivity contribution in [2.24, 2.45) is 5.41 Å². The van der Waals surface area contributed by atoms with Gasteiger partial charge in [-0.25, -0.2) is 9.37 Å². The van der Waals surface area contributed by atoms with Crippen LogP contribution >= 0.6 is 23.2 Å². The van der Waals surface area contributed by atoms with Crippen LogP contribution in [-0.2, 0) is 10.2 Å². The van der Waals surface area contributed by atoms with Gasteiger partial charge in [0, 0.05) is 41.4 Å². The Balaban J connectivity index is 1.98. The molecule has 0 amide bonds. The SMILES string of the molecule is CC(C)(C)C[C@@H]1N[C@@H](C(=O)O)[C@H](c2cccc(Cl)c2F)[C@]12CNc1cc(Cl)ncc12. The molecule has 4 rings (SSSR count). The van der Waals surface area contributed by atoms with Crippen molar-refractivity contribution in [3.8, 4) is 0 Å². The molecule has 0 unspecified atom stereocenters. The fourth-order valence-electron chi connectivity index (χ4n) is 5.13. The maximum absolute atomic E-state index is 15.2. The van der Waals surface area contributed by atoms with E-state index in [1.807, 2.05) is 0 Å². The van der Waals surface area contributed by atoms with E-state index in [2.05, 4.69) is 36.4 Å². The fraction of sp³-hybridized carbons (Fsp3) is 0.455. The lowest BCUT2D eigenvalue weighted by Gasteiger charge is -2.39. The molecule has 0 aliphatic carbocycles. The van der Waals surface area contributed by atoms with Gasteiger partial charge in [0.25, 0.3) is 0 Å². The Morgan fingerprint density at radius 3 is 2.77 bits per heavy atom. The standard InChI is InChI=1S/C22H24Cl2FN3O2/c1-21(2,3)8-15-22(10-27-14-7-16(24)26-9-12(14)22)17(19(28-15)20(29)30)11-5-4-6-13(23)18(11)25/h4-7,9,15,17,19,27-28H,8,10H2,1-3H3,(H,29,30)/t15-,17-,19+,22-/m0/s1. The molecule has 0 radical (unpaired) electrons. The highest BCUT2D eigenvalue weighted by Gasteiger charge is 2.62. The topological polar surface area (TPSA) is 74.2 Å². The third-order valence-corrected chi connectivity index (χ3v) is 6.73. The number of carboxylic acids is 1. The second-order valence-corrected chi connectivity index (χ2v) is 10.2. The first-order valence-corrected chi connectivity index (χ1v) is 10.6. The van der Waals surface area contributed by atoms with E-state index < -0.39 is 29.2 Å². The summed E-state index contributed by atoms with van der Waals surface area (Å²) in [6.07, 6.45) is 2.38. The van der Waals surface area contributed by atoms with Crippen molar-refractivity contribution in [2.75, 3.05) is 11.9 Å². The average molecular weight is 452 g/mol. The quantitative estimate of drug-likeness (QED) is 0.582. The predicted octanol–water partition coefficient (Wildman–Crippen LogP) is 4.84. The summed E-state index contributed by atoms with van der Waals surface area (Å²) in [5, 5.41) is 17.1. The molecule has 2 aliphatic rings. The van der Waals surface area contributed by atoms with Gasteiger partial charge in [-0.15, -0.1) is 0 Å². The van der Waals surface area contributed by atoms with Crippen LogP contribution in [0.2, 0.25) is 10.2 Å². The molecule has 0 bridgehead atoms. The van der Waals surface area contributed by atoms with Crippen LogP contribution in [0.3, 0.4) is 0 Å². The minimum absolute atomic E-state index is 0.0218. The van der Waals surface area contributed by atoms with Gasteiger partial charge in [-0.2, -0.15) is 0 Å². The second-order valence-electron chi connectivity index (χ2n) is 9.37. The fourth-order valence-corrected chi connectivity index (χ4v) is 5.47. The van der Waals surface area contributed by atoms with Gasteiger partial charge in [-0.3, -0.25) is 4.79 Å². The number of benzene rings is 1. The molecule has 2 aromatic rings. The first kappa shape index (κ1) is 21.3. The number of nitrogens with zero attached hydrogens (tertiary/aromatic N) is 1. The van der Waals surface area contributed by atoms with Crippen LogP contribution in [0.15, 0.2) is 30.5 Å². The molecule has 4 atom stereocenters.